The fraction of sp³-hybridized carbons (Fsp3) is 0.417. The van der Waals surface area contributed by atoms with Gasteiger partial charge in [-0.1, -0.05) is 81.5 Å². The molecule has 0 aliphatic rings. The van der Waals surface area contributed by atoms with Crippen LogP contribution in [-0.4, -0.2) is 32.6 Å². The number of tetrazole rings is 1. The van der Waals surface area contributed by atoms with E-state index in [2.05, 4.69) is 34.5 Å². The van der Waals surface area contributed by atoms with Crippen molar-refractivity contribution in [1.82, 2.24) is 20.2 Å². The molecule has 0 spiro atoms. The lowest BCUT2D eigenvalue weighted by molar-refractivity contribution is -0.122. The van der Waals surface area contributed by atoms with Crippen molar-refractivity contribution in [2.75, 3.05) is 6.61 Å². The number of carbonyl (C=O) groups is 1. The Morgan fingerprint density at radius 3 is 2.43 bits per heavy atom. The van der Waals surface area contributed by atoms with Crippen LogP contribution in [0.15, 0.2) is 54.6 Å². The molecule has 0 saturated carbocycles. The van der Waals surface area contributed by atoms with Gasteiger partial charge in [0.25, 0.3) is 0 Å². The van der Waals surface area contributed by atoms with Crippen molar-refractivity contribution in [3.05, 3.63) is 60.2 Å². The minimum atomic E-state index is -0.108. The van der Waals surface area contributed by atoms with E-state index in [1.54, 1.807) is 0 Å². The summed E-state index contributed by atoms with van der Waals surface area (Å²) in [5.41, 5.74) is 2.18. The Labute approximate surface area is 178 Å². The van der Waals surface area contributed by atoms with Crippen LogP contribution in [0.2, 0.25) is 0 Å². The largest absolute Gasteiger partial charge is 0.486 e. The van der Waals surface area contributed by atoms with Crippen LogP contribution in [0.1, 0.15) is 51.0 Å². The smallest absolute Gasteiger partial charge is 0.204 e. The maximum Gasteiger partial charge on any atom is 0.204 e. The van der Waals surface area contributed by atoms with Crippen molar-refractivity contribution in [2.45, 2.75) is 58.4 Å². The second-order valence-electron chi connectivity index (χ2n) is 7.50. The molecule has 0 radical (unpaired) electrons. The molecule has 2 aromatic carbocycles. The average Bonchev–Trinajstić information content (AvgIpc) is 3.24. The lowest BCUT2D eigenvalue weighted by atomic mass is 10.0. The summed E-state index contributed by atoms with van der Waals surface area (Å²) in [5.74, 6) is 1.10. The van der Waals surface area contributed by atoms with Gasteiger partial charge >= 0.3 is 0 Å². The maximum absolute atomic E-state index is 12.2. The highest BCUT2D eigenvalue weighted by Crippen LogP contribution is 2.15. The molecule has 1 heterocycles. The van der Waals surface area contributed by atoms with Gasteiger partial charge in [-0.15, -0.1) is 10.2 Å². The monoisotopic (exact) mass is 406 g/mol. The van der Waals surface area contributed by atoms with Crippen LogP contribution in [0.5, 0.6) is 5.75 Å². The highest BCUT2D eigenvalue weighted by atomic mass is 16.5. The first-order valence-corrected chi connectivity index (χ1v) is 10.8. The van der Waals surface area contributed by atoms with Gasteiger partial charge in [0, 0.05) is 5.56 Å². The zero-order chi connectivity index (χ0) is 21.0. The van der Waals surface area contributed by atoms with Crippen LogP contribution >= 0.6 is 0 Å². The summed E-state index contributed by atoms with van der Waals surface area (Å²) in [6, 6.07) is 17.6. The number of ether oxygens (including phenoxy) is 1. The minimum Gasteiger partial charge on any atom is -0.486 e. The molecular formula is C24H30N4O2. The lowest BCUT2D eigenvalue weighted by Crippen LogP contribution is -2.19. The van der Waals surface area contributed by atoms with Crippen molar-refractivity contribution in [3.63, 3.8) is 0 Å². The summed E-state index contributed by atoms with van der Waals surface area (Å²) < 4.78 is 5.62. The Morgan fingerprint density at radius 1 is 0.933 bits per heavy atom. The summed E-state index contributed by atoms with van der Waals surface area (Å²) in [6.45, 7) is 2.26. The summed E-state index contributed by atoms with van der Waals surface area (Å²) in [4.78, 5) is 13.5. The molecule has 3 aromatic rings. The standard InChI is InChI=1S/C24H30N4O2/c1-2-3-4-5-6-8-11-20-14-16-23(17-15-20)30-19-22(29)18-28-26-24(25-27-28)21-12-9-7-10-13-21/h7,9-10,12-17H,2-6,8,11,18-19H2,1H3. The quantitative estimate of drug-likeness (QED) is 0.378. The average molecular weight is 407 g/mol. The number of hydrogen-bond acceptors (Lipinski definition) is 5. The number of Topliss-reactive ketones (excluding diaryl/α,β-unsaturated/α-hetero) is 1. The van der Waals surface area contributed by atoms with E-state index in [-0.39, 0.29) is 18.9 Å². The first kappa shape index (κ1) is 21.7. The first-order chi connectivity index (χ1) is 14.7. The van der Waals surface area contributed by atoms with Gasteiger partial charge in [-0.05, 0) is 35.8 Å². The summed E-state index contributed by atoms with van der Waals surface area (Å²) in [6.07, 6.45) is 8.89. The number of hydrogen-bond donors (Lipinski definition) is 0. The fourth-order valence-corrected chi connectivity index (χ4v) is 3.24. The third-order valence-corrected chi connectivity index (χ3v) is 4.94. The molecule has 0 saturated heterocycles. The van der Waals surface area contributed by atoms with E-state index >= 15 is 0 Å². The third kappa shape index (κ3) is 7.10. The Hall–Kier alpha value is -3.02. The number of benzene rings is 2. The fourth-order valence-electron chi connectivity index (χ4n) is 3.24. The van der Waals surface area contributed by atoms with Gasteiger partial charge in [-0.3, -0.25) is 4.79 Å². The Balaban J connectivity index is 1.38. The number of rotatable bonds is 13. The number of aryl methyl sites for hydroxylation is 1. The van der Waals surface area contributed by atoms with Crippen molar-refractivity contribution < 1.29 is 9.53 Å². The predicted molar refractivity (Wildman–Crippen MR) is 117 cm³/mol. The van der Waals surface area contributed by atoms with Gasteiger partial charge in [0.1, 0.15) is 18.9 Å². The molecular weight excluding hydrogens is 376 g/mol. The normalized spacial score (nSPS) is 10.8. The van der Waals surface area contributed by atoms with Crippen LogP contribution in [0.3, 0.4) is 0 Å². The lowest BCUT2D eigenvalue weighted by Gasteiger charge is -2.07. The maximum atomic E-state index is 12.2. The summed E-state index contributed by atoms with van der Waals surface area (Å²) in [7, 11) is 0. The van der Waals surface area contributed by atoms with E-state index in [0.29, 0.717) is 11.6 Å². The van der Waals surface area contributed by atoms with E-state index in [9.17, 15) is 4.79 Å². The molecule has 0 bridgehead atoms. The molecule has 0 amide bonds. The summed E-state index contributed by atoms with van der Waals surface area (Å²) >= 11 is 0. The van der Waals surface area contributed by atoms with E-state index in [1.807, 2.05) is 42.5 Å². The van der Waals surface area contributed by atoms with Crippen LogP contribution in [-0.2, 0) is 17.8 Å². The van der Waals surface area contributed by atoms with Gasteiger partial charge in [0.2, 0.25) is 5.82 Å². The third-order valence-electron chi connectivity index (χ3n) is 4.94. The summed E-state index contributed by atoms with van der Waals surface area (Å²) in [5, 5.41) is 12.2. The Morgan fingerprint density at radius 2 is 1.67 bits per heavy atom. The molecule has 0 aliphatic carbocycles. The van der Waals surface area contributed by atoms with Crippen molar-refractivity contribution >= 4 is 5.78 Å². The number of aromatic nitrogens is 4. The molecule has 0 fully saturated rings. The Kier molecular flexibility index (Phi) is 8.57. The van der Waals surface area contributed by atoms with E-state index in [0.717, 1.165) is 12.0 Å². The van der Waals surface area contributed by atoms with Crippen LogP contribution in [0, 0.1) is 0 Å². The molecule has 0 aliphatic heterocycles. The zero-order valence-corrected chi connectivity index (χ0v) is 17.7. The number of unbranched alkanes of at least 4 members (excludes halogenated alkanes) is 5. The SMILES string of the molecule is CCCCCCCCc1ccc(OCC(=O)Cn2nnc(-c3ccccc3)n2)cc1. The molecule has 0 atom stereocenters. The highest BCUT2D eigenvalue weighted by Gasteiger charge is 2.10. The van der Waals surface area contributed by atoms with Gasteiger partial charge in [0.05, 0.1) is 0 Å². The first-order valence-electron chi connectivity index (χ1n) is 10.8. The molecule has 6 nitrogen and oxygen atoms in total. The number of carbonyl (C=O) groups excluding carboxylic acids is 1. The molecule has 158 valence electrons. The van der Waals surface area contributed by atoms with Crippen molar-refractivity contribution in [3.8, 4) is 17.1 Å². The van der Waals surface area contributed by atoms with Crippen LogP contribution < -0.4 is 4.74 Å². The van der Waals surface area contributed by atoms with Gasteiger partial charge in [0.15, 0.2) is 5.78 Å². The molecule has 1 aromatic heterocycles. The second kappa shape index (κ2) is 11.9. The molecule has 0 N–H and O–H groups in total. The van der Waals surface area contributed by atoms with Gasteiger partial charge < -0.3 is 4.74 Å². The van der Waals surface area contributed by atoms with Gasteiger partial charge in [-0.2, -0.15) is 4.80 Å². The predicted octanol–water partition coefficient (Wildman–Crippen LogP) is 4.89. The highest BCUT2D eigenvalue weighted by molar-refractivity contribution is 5.79. The molecule has 0 unspecified atom stereocenters. The van der Waals surface area contributed by atoms with Crippen LogP contribution in [0.4, 0.5) is 0 Å². The molecule has 3 rings (SSSR count). The van der Waals surface area contributed by atoms with Crippen LogP contribution in [0.25, 0.3) is 11.4 Å². The minimum absolute atomic E-state index is 0.0149. The van der Waals surface area contributed by atoms with Crippen molar-refractivity contribution in [1.29, 1.82) is 0 Å². The molecule has 6 heteroatoms. The van der Waals surface area contributed by atoms with Gasteiger partial charge in [-0.25, -0.2) is 0 Å². The van der Waals surface area contributed by atoms with E-state index in [4.69, 9.17) is 4.74 Å². The number of ketones is 1. The van der Waals surface area contributed by atoms with E-state index < -0.39 is 0 Å². The number of nitrogens with zero attached hydrogens (tertiary/aromatic N) is 4. The molecule has 30 heavy (non-hydrogen) atoms. The Bertz CT molecular complexity index is 891. The topological polar surface area (TPSA) is 69.9 Å². The van der Waals surface area contributed by atoms with E-state index in [1.165, 1.54) is 48.9 Å². The van der Waals surface area contributed by atoms with Crippen molar-refractivity contribution in [2.24, 2.45) is 0 Å². The second-order valence-corrected chi connectivity index (χ2v) is 7.50. The zero-order valence-electron chi connectivity index (χ0n) is 17.7.